The molecule has 3 unspecified atom stereocenters. The average molecular weight is 403 g/mol. The van der Waals surface area contributed by atoms with Crippen molar-refractivity contribution < 1.29 is 9.21 Å². The fourth-order valence-corrected chi connectivity index (χ4v) is 7.13. The lowest BCUT2D eigenvalue weighted by Crippen LogP contribution is -2.62. The molecule has 4 heterocycles. The summed E-state index contributed by atoms with van der Waals surface area (Å²) < 4.78 is 5.69. The second-order valence-electron chi connectivity index (χ2n) is 10.4. The van der Waals surface area contributed by atoms with Gasteiger partial charge in [-0.05, 0) is 73.1 Å². The van der Waals surface area contributed by atoms with Crippen LogP contribution in [-0.2, 0) is 4.79 Å². The van der Waals surface area contributed by atoms with E-state index in [4.69, 9.17) is 4.42 Å². The number of fused-ring (bicyclic) bond motifs is 1. The lowest BCUT2D eigenvalue weighted by molar-refractivity contribution is -0.156. The van der Waals surface area contributed by atoms with Crippen LogP contribution in [-0.4, -0.2) is 27.9 Å². The minimum atomic E-state index is 0.162. The molecule has 4 heteroatoms. The number of benzene rings is 1. The molecule has 0 spiro atoms. The van der Waals surface area contributed by atoms with E-state index in [2.05, 4.69) is 48.1 Å². The van der Waals surface area contributed by atoms with Gasteiger partial charge in [-0.1, -0.05) is 26.0 Å². The van der Waals surface area contributed by atoms with Gasteiger partial charge in [-0.15, -0.1) is 0 Å². The number of piperidine rings is 2. The lowest BCUT2D eigenvalue weighted by Gasteiger charge is -2.61. The Bertz CT molecular complexity index is 1080. The van der Waals surface area contributed by atoms with Crippen molar-refractivity contribution in [3.63, 3.8) is 0 Å². The van der Waals surface area contributed by atoms with E-state index in [9.17, 15) is 4.79 Å². The summed E-state index contributed by atoms with van der Waals surface area (Å²) in [4.78, 5) is 19.2. The Kier molecular flexibility index (Phi) is 3.96. The zero-order valence-electron chi connectivity index (χ0n) is 17.9. The second-order valence-corrected chi connectivity index (χ2v) is 10.4. The van der Waals surface area contributed by atoms with Crippen LogP contribution >= 0.6 is 0 Å². The van der Waals surface area contributed by atoms with E-state index in [1.54, 1.807) is 6.26 Å². The Balaban J connectivity index is 1.28. The monoisotopic (exact) mass is 402 g/mol. The van der Waals surface area contributed by atoms with Crippen LogP contribution < -0.4 is 0 Å². The van der Waals surface area contributed by atoms with Gasteiger partial charge >= 0.3 is 0 Å². The summed E-state index contributed by atoms with van der Waals surface area (Å²) in [6.45, 7) is 4.64. The van der Waals surface area contributed by atoms with Crippen LogP contribution in [0, 0.1) is 11.3 Å². The molecule has 2 aliphatic carbocycles. The van der Waals surface area contributed by atoms with Gasteiger partial charge in [0.05, 0.1) is 6.26 Å². The van der Waals surface area contributed by atoms with Crippen molar-refractivity contribution in [3.8, 4) is 11.3 Å². The highest BCUT2D eigenvalue weighted by Crippen LogP contribution is 2.56. The number of rotatable bonds is 4. The molecule has 4 nitrogen and oxygen atoms in total. The standard InChI is InChI=1S/C26H30N2O2/c1-16(9-24(29)28-18-10-17-11-19(28)14-26(2,12-17)13-18)21-15-27-22-6-3-5-20(25(21)22)23-7-4-8-30-23/h3-8,15-19,27H,9-14H2,1-2H3. The molecular weight excluding hydrogens is 372 g/mol. The van der Waals surface area contributed by atoms with Gasteiger partial charge in [-0.3, -0.25) is 4.79 Å². The first-order chi connectivity index (χ1) is 14.5. The highest BCUT2D eigenvalue weighted by atomic mass is 16.3. The van der Waals surface area contributed by atoms with Crippen LogP contribution in [0.3, 0.4) is 0 Å². The molecule has 2 saturated carbocycles. The number of nitrogens with one attached hydrogen (secondary N) is 1. The Morgan fingerprint density at radius 1 is 1.20 bits per heavy atom. The maximum Gasteiger partial charge on any atom is 0.223 e. The third-order valence-electron chi connectivity index (χ3n) is 8.06. The number of H-pyrrole nitrogens is 1. The van der Waals surface area contributed by atoms with E-state index in [1.807, 2.05) is 12.1 Å². The van der Waals surface area contributed by atoms with E-state index in [0.29, 0.717) is 29.8 Å². The highest BCUT2D eigenvalue weighted by molar-refractivity contribution is 5.97. The van der Waals surface area contributed by atoms with E-state index in [1.165, 1.54) is 43.1 Å². The third kappa shape index (κ3) is 2.76. The van der Waals surface area contributed by atoms with Crippen LogP contribution in [0.25, 0.3) is 22.2 Å². The Hall–Kier alpha value is -2.49. The molecule has 1 aromatic carbocycles. The third-order valence-corrected chi connectivity index (χ3v) is 8.06. The second kappa shape index (κ2) is 6.50. The summed E-state index contributed by atoms with van der Waals surface area (Å²) in [6.07, 6.45) is 10.6. The zero-order valence-corrected chi connectivity index (χ0v) is 17.9. The molecule has 2 saturated heterocycles. The Morgan fingerprint density at radius 3 is 2.70 bits per heavy atom. The first-order valence-corrected chi connectivity index (χ1v) is 11.5. The molecule has 4 bridgehead atoms. The smallest absolute Gasteiger partial charge is 0.223 e. The van der Waals surface area contributed by atoms with Crippen molar-refractivity contribution in [1.29, 1.82) is 0 Å². The first-order valence-electron chi connectivity index (χ1n) is 11.5. The van der Waals surface area contributed by atoms with Gasteiger partial charge in [-0.25, -0.2) is 0 Å². The molecule has 0 radical (unpaired) electrons. The molecule has 1 N–H and O–H groups in total. The number of hydrogen-bond acceptors (Lipinski definition) is 2. The number of nitrogens with zero attached hydrogens (tertiary/aromatic N) is 1. The predicted molar refractivity (Wildman–Crippen MR) is 118 cm³/mol. The van der Waals surface area contributed by atoms with Gasteiger partial charge < -0.3 is 14.3 Å². The fourth-order valence-electron chi connectivity index (χ4n) is 7.13. The van der Waals surface area contributed by atoms with Gasteiger partial charge in [0.15, 0.2) is 0 Å². The quantitative estimate of drug-likeness (QED) is 0.573. The maximum atomic E-state index is 13.5. The number of amides is 1. The average Bonchev–Trinajstić information content (AvgIpc) is 3.36. The van der Waals surface area contributed by atoms with Crippen molar-refractivity contribution in [2.24, 2.45) is 11.3 Å². The van der Waals surface area contributed by atoms with E-state index in [-0.39, 0.29) is 5.92 Å². The first kappa shape index (κ1) is 18.3. The van der Waals surface area contributed by atoms with Crippen molar-refractivity contribution in [2.45, 2.75) is 70.4 Å². The SMILES string of the molecule is CC(CC(=O)N1C2CC3CC1CC(C)(C3)C2)c1c[nH]c2cccc(-c3ccco3)c12. The lowest BCUT2D eigenvalue weighted by atomic mass is 9.56. The molecule has 3 atom stereocenters. The number of aromatic amines is 1. The molecule has 2 aliphatic heterocycles. The minimum absolute atomic E-state index is 0.162. The highest BCUT2D eigenvalue weighted by Gasteiger charge is 2.53. The van der Waals surface area contributed by atoms with Crippen LogP contribution in [0.15, 0.2) is 47.2 Å². The van der Waals surface area contributed by atoms with Gasteiger partial charge in [0.25, 0.3) is 0 Å². The summed E-state index contributed by atoms with van der Waals surface area (Å²) in [5, 5.41) is 1.18. The number of carbonyl (C=O) groups excluding carboxylic acids is 1. The van der Waals surface area contributed by atoms with E-state index in [0.717, 1.165) is 22.8 Å². The Morgan fingerprint density at radius 2 is 2.00 bits per heavy atom. The van der Waals surface area contributed by atoms with Crippen molar-refractivity contribution in [3.05, 3.63) is 48.4 Å². The molecule has 30 heavy (non-hydrogen) atoms. The van der Waals surface area contributed by atoms with Crippen LogP contribution in [0.4, 0.5) is 0 Å². The number of aromatic nitrogens is 1. The normalized spacial score (nSPS) is 30.9. The largest absolute Gasteiger partial charge is 0.464 e. The van der Waals surface area contributed by atoms with Crippen molar-refractivity contribution >= 4 is 16.8 Å². The fraction of sp³-hybridized carbons (Fsp3) is 0.500. The summed E-state index contributed by atoms with van der Waals surface area (Å²) in [5.41, 5.74) is 3.88. The Labute approximate surface area is 177 Å². The molecule has 156 valence electrons. The summed E-state index contributed by atoms with van der Waals surface area (Å²) in [7, 11) is 0. The van der Waals surface area contributed by atoms with Crippen LogP contribution in [0.5, 0.6) is 0 Å². The van der Waals surface area contributed by atoms with E-state index >= 15 is 0 Å². The summed E-state index contributed by atoms with van der Waals surface area (Å²) >= 11 is 0. The minimum Gasteiger partial charge on any atom is -0.464 e. The number of furan rings is 1. The summed E-state index contributed by atoms with van der Waals surface area (Å²) in [5.74, 6) is 2.23. The van der Waals surface area contributed by atoms with Crippen LogP contribution in [0.2, 0.25) is 0 Å². The zero-order chi connectivity index (χ0) is 20.5. The molecule has 4 aliphatic rings. The molecule has 1 amide bonds. The summed E-state index contributed by atoms with van der Waals surface area (Å²) in [6, 6.07) is 11.1. The predicted octanol–water partition coefficient (Wildman–Crippen LogP) is 6.10. The van der Waals surface area contributed by atoms with Crippen LogP contribution in [0.1, 0.15) is 63.9 Å². The number of carbonyl (C=O) groups is 1. The van der Waals surface area contributed by atoms with Crippen molar-refractivity contribution in [1.82, 2.24) is 9.88 Å². The molecule has 2 aromatic heterocycles. The van der Waals surface area contributed by atoms with Gasteiger partial charge in [0, 0.05) is 41.2 Å². The number of hydrogen-bond donors (Lipinski definition) is 1. The topological polar surface area (TPSA) is 49.2 Å². The van der Waals surface area contributed by atoms with Gasteiger partial charge in [0.2, 0.25) is 5.91 Å². The van der Waals surface area contributed by atoms with Gasteiger partial charge in [0.1, 0.15) is 5.76 Å². The molecular formula is C26H30N2O2. The van der Waals surface area contributed by atoms with Gasteiger partial charge in [-0.2, -0.15) is 0 Å². The molecule has 3 aromatic rings. The maximum absolute atomic E-state index is 13.5. The molecule has 4 fully saturated rings. The molecule has 7 rings (SSSR count). The van der Waals surface area contributed by atoms with E-state index < -0.39 is 0 Å². The van der Waals surface area contributed by atoms with Crippen molar-refractivity contribution in [2.75, 3.05) is 0 Å².